The lowest BCUT2D eigenvalue weighted by Crippen LogP contribution is -2.59. The second-order valence-corrected chi connectivity index (χ2v) is 5.38. The summed E-state index contributed by atoms with van der Waals surface area (Å²) in [4.78, 5) is 36.9. The van der Waals surface area contributed by atoms with Crippen LogP contribution in [0.1, 0.15) is 39.0 Å². The summed E-state index contributed by atoms with van der Waals surface area (Å²) in [6.07, 6.45) is 2.91. The van der Waals surface area contributed by atoms with Crippen LogP contribution in [0, 0.1) is 0 Å². The predicted molar refractivity (Wildman–Crippen MR) is 71.2 cm³/mol. The minimum absolute atomic E-state index is 0.193. The highest BCUT2D eigenvalue weighted by Crippen LogP contribution is 2.32. The first kappa shape index (κ1) is 14.6. The summed E-state index contributed by atoms with van der Waals surface area (Å²) in [5.74, 6) is -1.16. The number of carboxylic acid groups (broad SMARTS) is 1. The van der Waals surface area contributed by atoms with Crippen LogP contribution < -0.4 is 10.6 Å². The Morgan fingerprint density at radius 1 is 1.50 bits per heavy atom. The van der Waals surface area contributed by atoms with Gasteiger partial charge < -0.3 is 20.6 Å². The maximum absolute atomic E-state index is 12.3. The molecule has 2 fully saturated rings. The number of hydrogen-bond acceptors (Lipinski definition) is 3. The lowest BCUT2D eigenvalue weighted by molar-refractivity contribution is -0.148. The van der Waals surface area contributed by atoms with Crippen molar-refractivity contribution in [3.63, 3.8) is 0 Å². The third kappa shape index (κ3) is 2.44. The van der Waals surface area contributed by atoms with E-state index in [0.717, 1.165) is 6.42 Å². The molecule has 0 spiro atoms. The van der Waals surface area contributed by atoms with E-state index in [-0.39, 0.29) is 5.91 Å². The fraction of sp³-hybridized carbons (Fsp3) is 0.769. The van der Waals surface area contributed by atoms with E-state index in [4.69, 9.17) is 0 Å². The van der Waals surface area contributed by atoms with Gasteiger partial charge in [-0.2, -0.15) is 0 Å². The average molecular weight is 283 g/mol. The number of carboxylic acids is 1. The summed E-state index contributed by atoms with van der Waals surface area (Å²) in [5.41, 5.74) is -1.13. The van der Waals surface area contributed by atoms with Gasteiger partial charge in [0.05, 0.1) is 0 Å². The number of carbonyl (C=O) groups is 3. The van der Waals surface area contributed by atoms with Gasteiger partial charge in [-0.05, 0) is 32.1 Å². The standard InChI is InChI=1S/C13H21N3O4/c1-2-13(11(18)19)6-4-8-16(13)12(20)15-9-5-3-7-14-10(9)17/h9H,2-8H2,1H3,(H,14,17)(H,15,20)(H,18,19). The van der Waals surface area contributed by atoms with Gasteiger partial charge in [0.1, 0.15) is 11.6 Å². The number of nitrogens with zero attached hydrogens (tertiary/aromatic N) is 1. The van der Waals surface area contributed by atoms with Crippen LogP contribution in [0.2, 0.25) is 0 Å². The molecule has 0 aromatic carbocycles. The molecule has 0 saturated carbocycles. The largest absolute Gasteiger partial charge is 0.479 e. The summed E-state index contributed by atoms with van der Waals surface area (Å²) in [6.45, 7) is 2.82. The van der Waals surface area contributed by atoms with Gasteiger partial charge in [0, 0.05) is 13.1 Å². The van der Waals surface area contributed by atoms with Crippen LogP contribution in [-0.4, -0.2) is 52.6 Å². The summed E-state index contributed by atoms with van der Waals surface area (Å²) in [7, 11) is 0. The molecule has 0 radical (unpaired) electrons. The molecule has 0 aromatic rings. The van der Waals surface area contributed by atoms with Gasteiger partial charge in [-0.3, -0.25) is 4.79 Å². The minimum atomic E-state index is -1.13. The Bertz CT molecular complexity index is 426. The monoisotopic (exact) mass is 283 g/mol. The first-order valence-corrected chi connectivity index (χ1v) is 7.10. The summed E-state index contributed by atoms with van der Waals surface area (Å²) in [6, 6.07) is -1.01. The molecule has 0 aromatic heterocycles. The summed E-state index contributed by atoms with van der Waals surface area (Å²) >= 11 is 0. The van der Waals surface area contributed by atoms with Crippen LogP contribution in [0.5, 0.6) is 0 Å². The second-order valence-electron chi connectivity index (χ2n) is 5.38. The number of rotatable bonds is 3. The molecule has 2 rings (SSSR count). The molecular weight excluding hydrogens is 262 g/mol. The van der Waals surface area contributed by atoms with Crippen LogP contribution in [-0.2, 0) is 9.59 Å². The molecule has 112 valence electrons. The number of aliphatic carboxylic acids is 1. The van der Waals surface area contributed by atoms with E-state index in [0.29, 0.717) is 38.8 Å². The fourth-order valence-corrected chi connectivity index (χ4v) is 3.05. The van der Waals surface area contributed by atoms with E-state index in [1.165, 1.54) is 4.90 Å². The Morgan fingerprint density at radius 2 is 2.25 bits per heavy atom. The SMILES string of the molecule is CCC1(C(=O)O)CCCN1C(=O)NC1CCCNC1=O. The Hall–Kier alpha value is -1.79. The van der Waals surface area contributed by atoms with Gasteiger partial charge in [0.15, 0.2) is 0 Å². The molecule has 0 bridgehead atoms. The van der Waals surface area contributed by atoms with E-state index in [1.54, 1.807) is 6.92 Å². The van der Waals surface area contributed by atoms with Crippen molar-refractivity contribution in [1.29, 1.82) is 0 Å². The fourth-order valence-electron chi connectivity index (χ4n) is 3.05. The Balaban J connectivity index is 2.08. The number of likely N-dealkylation sites (tertiary alicyclic amines) is 1. The second kappa shape index (κ2) is 5.68. The summed E-state index contributed by atoms with van der Waals surface area (Å²) < 4.78 is 0. The lowest BCUT2D eigenvalue weighted by Gasteiger charge is -2.35. The number of nitrogens with one attached hydrogen (secondary N) is 2. The topological polar surface area (TPSA) is 98.7 Å². The molecule has 2 aliphatic rings. The molecule has 2 saturated heterocycles. The maximum Gasteiger partial charge on any atom is 0.329 e. The van der Waals surface area contributed by atoms with Crippen LogP contribution in [0.15, 0.2) is 0 Å². The number of carbonyl (C=O) groups excluding carboxylic acids is 2. The lowest BCUT2D eigenvalue weighted by atomic mass is 9.93. The maximum atomic E-state index is 12.3. The van der Waals surface area contributed by atoms with Gasteiger partial charge in [0.25, 0.3) is 0 Å². The molecule has 2 atom stereocenters. The van der Waals surface area contributed by atoms with Gasteiger partial charge >= 0.3 is 12.0 Å². The Labute approximate surface area is 117 Å². The van der Waals surface area contributed by atoms with E-state index in [2.05, 4.69) is 10.6 Å². The van der Waals surface area contributed by atoms with Crippen LogP contribution in [0.4, 0.5) is 4.79 Å². The van der Waals surface area contributed by atoms with Crippen molar-refractivity contribution in [2.45, 2.75) is 50.6 Å². The zero-order valence-electron chi connectivity index (χ0n) is 11.6. The van der Waals surface area contributed by atoms with Crippen molar-refractivity contribution in [3.05, 3.63) is 0 Å². The molecule has 2 heterocycles. The van der Waals surface area contributed by atoms with Crippen molar-refractivity contribution in [2.75, 3.05) is 13.1 Å². The Kier molecular flexibility index (Phi) is 4.15. The first-order valence-electron chi connectivity index (χ1n) is 7.10. The van der Waals surface area contributed by atoms with E-state index in [9.17, 15) is 19.5 Å². The number of urea groups is 1. The van der Waals surface area contributed by atoms with Crippen molar-refractivity contribution < 1.29 is 19.5 Å². The van der Waals surface area contributed by atoms with Gasteiger partial charge in [-0.25, -0.2) is 9.59 Å². The van der Waals surface area contributed by atoms with E-state index >= 15 is 0 Å². The smallest absolute Gasteiger partial charge is 0.329 e. The van der Waals surface area contributed by atoms with E-state index in [1.807, 2.05) is 0 Å². The van der Waals surface area contributed by atoms with Gasteiger partial charge in [-0.15, -0.1) is 0 Å². The molecule has 0 aliphatic carbocycles. The third-order valence-corrected chi connectivity index (χ3v) is 4.30. The van der Waals surface area contributed by atoms with E-state index < -0.39 is 23.6 Å². The van der Waals surface area contributed by atoms with Gasteiger partial charge in [0.2, 0.25) is 5.91 Å². The first-order chi connectivity index (χ1) is 9.51. The summed E-state index contributed by atoms with van der Waals surface area (Å²) in [5, 5.41) is 14.8. The quantitative estimate of drug-likeness (QED) is 0.694. The predicted octanol–water partition coefficient (Wildman–Crippen LogP) is 0.304. The van der Waals surface area contributed by atoms with Crippen molar-refractivity contribution >= 4 is 17.9 Å². The molecule has 2 aliphatic heterocycles. The zero-order chi connectivity index (χ0) is 14.8. The average Bonchev–Trinajstić information content (AvgIpc) is 2.86. The molecule has 20 heavy (non-hydrogen) atoms. The number of amides is 3. The highest BCUT2D eigenvalue weighted by Gasteiger charge is 2.49. The highest BCUT2D eigenvalue weighted by molar-refractivity contribution is 5.91. The van der Waals surface area contributed by atoms with Crippen molar-refractivity contribution in [1.82, 2.24) is 15.5 Å². The number of hydrogen-bond donors (Lipinski definition) is 3. The minimum Gasteiger partial charge on any atom is -0.479 e. The number of piperidine rings is 1. The molecule has 3 amide bonds. The molecule has 2 unspecified atom stereocenters. The van der Waals surface area contributed by atoms with Crippen molar-refractivity contribution in [2.24, 2.45) is 0 Å². The van der Waals surface area contributed by atoms with Crippen LogP contribution >= 0.6 is 0 Å². The Morgan fingerprint density at radius 3 is 2.85 bits per heavy atom. The van der Waals surface area contributed by atoms with Crippen LogP contribution in [0.3, 0.4) is 0 Å². The molecule has 7 heteroatoms. The van der Waals surface area contributed by atoms with Gasteiger partial charge in [-0.1, -0.05) is 6.92 Å². The van der Waals surface area contributed by atoms with Crippen LogP contribution in [0.25, 0.3) is 0 Å². The van der Waals surface area contributed by atoms with Crippen molar-refractivity contribution in [3.8, 4) is 0 Å². The zero-order valence-corrected chi connectivity index (χ0v) is 11.6. The molecular formula is C13H21N3O4. The molecule has 3 N–H and O–H groups in total. The third-order valence-electron chi connectivity index (χ3n) is 4.30. The normalized spacial score (nSPS) is 29.9. The highest BCUT2D eigenvalue weighted by atomic mass is 16.4. The molecule has 7 nitrogen and oxygen atoms in total.